The number of rotatable bonds is 7. The van der Waals surface area contributed by atoms with Crippen LogP contribution in [-0.2, 0) is 16.0 Å². The predicted octanol–water partition coefficient (Wildman–Crippen LogP) is 2.82. The highest BCUT2D eigenvalue weighted by molar-refractivity contribution is 5.77. The topological polar surface area (TPSA) is 88.3 Å². The molecule has 150 valence electrons. The quantitative estimate of drug-likeness (QED) is 0.793. The van der Waals surface area contributed by atoms with Crippen LogP contribution < -0.4 is 5.32 Å². The summed E-state index contributed by atoms with van der Waals surface area (Å²) >= 11 is 0. The molecule has 28 heavy (non-hydrogen) atoms. The van der Waals surface area contributed by atoms with Crippen LogP contribution in [0.3, 0.4) is 0 Å². The lowest BCUT2D eigenvalue weighted by atomic mass is 9.92. The fourth-order valence-electron chi connectivity index (χ4n) is 3.59. The summed E-state index contributed by atoms with van der Waals surface area (Å²) in [6.07, 6.45) is 3.08. The number of piperidine rings is 1. The maximum atomic E-state index is 12.4. The number of likely N-dealkylation sites (tertiary alicyclic amines) is 1. The van der Waals surface area contributed by atoms with E-state index in [1.54, 1.807) is 6.92 Å². The highest BCUT2D eigenvalue weighted by Crippen LogP contribution is 2.22. The van der Waals surface area contributed by atoms with Crippen molar-refractivity contribution in [3.8, 4) is 0 Å². The zero-order valence-corrected chi connectivity index (χ0v) is 16.6. The first kappa shape index (κ1) is 20.0. The van der Waals surface area contributed by atoms with Gasteiger partial charge in [0.2, 0.25) is 17.7 Å². The van der Waals surface area contributed by atoms with E-state index in [0.29, 0.717) is 50.0 Å². The molecule has 2 aromatic rings. The van der Waals surface area contributed by atoms with Crippen LogP contribution in [-0.4, -0.2) is 39.9 Å². The average Bonchev–Trinajstić information content (AvgIpc) is 3.12. The van der Waals surface area contributed by atoms with E-state index < -0.39 is 0 Å². The van der Waals surface area contributed by atoms with E-state index in [1.165, 1.54) is 0 Å². The summed E-state index contributed by atoms with van der Waals surface area (Å²) < 4.78 is 5.05. The Morgan fingerprint density at radius 3 is 2.61 bits per heavy atom. The first-order valence-corrected chi connectivity index (χ1v) is 9.92. The fourth-order valence-corrected chi connectivity index (χ4v) is 3.59. The molecule has 0 radical (unpaired) electrons. The molecule has 0 spiro atoms. The van der Waals surface area contributed by atoms with Crippen LogP contribution in [0.25, 0.3) is 0 Å². The van der Waals surface area contributed by atoms with Gasteiger partial charge in [-0.2, -0.15) is 4.98 Å². The summed E-state index contributed by atoms with van der Waals surface area (Å²) in [5.74, 6) is 1.60. The smallest absolute Gasteiger partial charge is 0.227 e. The van der Waals surface area contributed by atoms with Crippen LogP contribution in [0.2, 0.25) is 0 Å². The second-order valence-corrected chi connectivity index (χ2v) is 7.46. The molecule has 1 aromatic carbocycles. The molecule has 0 bridgehead atoms. The number of hydrogen-bond acceptors (Lipinski definition) is 5. The molecule has 1 aliphatic heterocycles. The largest absolute Gasteiger partial charge is 0.350 e. The van der Waals surface area contributed by atoms with Gasteiger partial charge in [0.25, 0.3) is 0 Å². The third kappa shape index (κ3) is 5.65. The van der Waals surface area contributed by atoms with Crippen molar-refractivity contribution in [2.45, 2.75) is 52.0 Å². The van der Waals surface area contributed by atoms with Gasteiger partial charge in [0.15, 0.2) is 5.82 Å². The Balaban J connectivity index is 1.37. The number of aryl methyl sites for hydroxylation is 2. The first-order valence-electron chi connectivity index (χ1n) is 9.92. The summed E-state index contributed by atoms with van der Waals surface area (Å²) in [6, 6.07) is 9.96. The van der Waals surface area contributed by atoms with Crippen molar-refractivity contribution in [3.05, 3.63) is 47.6 Å². The van der Waals surface area contributed by atoms with Crippen molar-refractivity contribution in [2.24, 2.45) is 5.92 Å². The number of aromatic nitrogens is 2. The van der Waals surface area contributed by atoms with Crippen molar-refractivity contribution in [2.75, 3.05) is 13.1 Å². The number of carbonyl (C=O) groups excluding carboxylic acids is 2. The molecule has 1 atom stereocenters. The van der Waals surface area contributed by atoms with Crippen LogP contribution >= 0.6 is 0 Å². The minimum atomic E-state index is 0.00343. The van der Waals surface area contributed by atoms with Crippen LogP contribution in [0, 0.1) is 12.8 Å². The predicted molar refractivity (Wildman–Crippen MR) is 104 cm³/mol. The Kier molecular flexibility index (Phi) is 6.79. The van der Waals surface area contributed by atoms with Gasteiger partial charge in [0.1, 0.15) is 0 Å². The number of benzene rings is 1. The van der Waals surface area contributed by atoms with Crippen LogP contribution in [0.5, 0.6) is 0 Å². The second kappa shape index (κ2) is 9.48. The van der Waals surface area contributed by atoms with Gasteiger partial charge < -0.3 is 14.7 Å². The van der Waals surface area contributed by atoms with E-state index in [-0.39, 0.29) is 17.9 Å². The monoisotopic (exact) mass is 384 g/mol. The van der Waals surface area contributed by atoms with Gasteiger partial charge >= 0.3 is 0 Å². The standard InChI is InChI=1S/C21H28N4O3/c1-15(18-6-4-3-5-7-18)22-19(26)14-17-10-12-25(13-11-17)21(27)9-8-20-23-16(2)24-28-20/h3-7,15,17H,8-14H2,1-2H3,(H,22,26)/t15-/m0/s1. The number of nitrogens with one attached hydrogen (secondary N) is 1. The molecule has 7 nitrogen and oxygen atoms in total. The lowest BCUT2D eigenvalue weighted by molar-refractivity contribution is -0.132. The number of hydrogen-bond donors (Lipinski definition) is 1. The molecular weight excluding hydrogens is 356 g/mol. The molecule has 1 aliphatic rings. The maximum Gasteiger partial charge on any atom is 0.227 e. The summed E-state index contributed by atoms with van der Waals surface area (Å²) in [7, 11) is 0. The third-order valence-electron chi connectivity index (χ3n) is 5.24. The van der Waals surface area contributed by atoms with E-state index in [4.69, 9.17) is 4.52 Å². The third-order valence-corrected chi connectivity index (χ3v) is 5.24. The normalized spacial score (nSPS) is 16.0. The number of nitrogens with zero attached hydrogens (tertiary/aromatic N) is 3. The van der Waals surface area contributed by atoms with E-state index >= 15 is 0 Å². The molecule has 0 saturated carbocycles. The zero-order valence-electron chi connectivity index (χ0n) is 16.6. The average molecular weight is 384 g/mol. The molecule has 1 fully saturated rings. The Bertz CT molecular complexity index is 782. The number of amides is 2. The Morgan fingerprint density at radius 2 is 1.96 bits per heavy atom. The zero-order chi connectivity index (χ0) is 19.9. The summed E-state index contributed by atoms with van der Waals surface area (Å²) in [5, 5.41) is 6.81. The maximum absolute atomic E-state index is 12.4. The van der Waals surface area contributed by atoms with Crippen molar-refractivity contribution in [1.29, 1.82) is 0 Å². The minimum absolute atomic E-state index is 0.00343. The summed E-state index contributed by atoms with van der Waals surface area (Å²) in [6.45, 7) is 5.16. The number of carbonyl (C=O) groups is 2. The SMILES string of the molecule is Cc1noc(CCC(=O)N2CCC(CC(=O)N[C@@H](C)c3ccccc3)CC2)n1. The van der Waals surface area contributed by atoms with Gasteiger partial charge in [0, 0.05) is 32.4 Å². The highest BCUT2D eigenvalue weighted by atomic mass is 16.5. The van der Waals surface area contributed by atoms with Crippen LogP contribution in [0.1, 0.15) is 55.9 Å². The molecule has 3 rings (SSSR count). The lowest BCUT2D eigenvalue weighted by Crippen LogP contribution is -2.40. The second-order valence-electron chi connectivity index (χ2n) is 7.46. The van der Waals surface area contributed by atoms with Crippen molar-refractivity contribution in [1.82, 2.24) is 20.4 Å². The molecule has 1 aromatic heterocycles. The fraction of sp³-hybridized carbons (Fsp3) is 0.524. The van der Waals surface area contributed by atoms with E-state index in [2.05, 4.69) is 15.5 Å². The summed E-state index contributed by atoms with van der Waals surface area (Å²) in [5.41, 5.74) is 1.10. The van der Waals surface area contributed by atoms with Gasteiger partial charge in [-0.15, -0.1) is 0 Å². The molecule has 0 unspecified atom stereocenters. The highest BCUT2D eigenvalue weighted by Gasteiger charge is 2.25. The Morgan fingerprint density at radius 1 is 1.25 bits per heavy atom. The molecule has 2 amide bonds. The molecular formula is C21H28N4O3. The Labute approximate surface area is 165 Å². The Hall–Kier alpha value is -2.70. The van der Waals surface area contributed by atoms with E-state index in [1.807, 2.05) is 42.2 Å². The first-order chi connectivity index (χ1) is 13.5. The van der Waals surface area contributed by atoms with Gasteiger partial charge in [0.05, 0.1) is 6.04 Å². The van der Waals surface area contributed by atoms with Gasteiger partial charge in [-0.05, 0) is 38.2 Å². The molecule has 0 aliphatic carbocycles. The van der Waals surface area contributed by atoms with Crippen LogP contribution in [0.4, 0.5) is 0 Å². The van der Waals surface area contributed by atoms with Crippen LogP contribution in [0.15, 0.2) is 34.9 Å². The van der Waals surface area contributed by atoms with Gasteiger partial charge in [-0.3, -0.25) is 9.59 Å². The van der Waals surface area contributed by atoms with Crippen molar-refractivity contribution in [3.63, 3.8) is 0 Å². The minimum Gasteiger partial charge on any atom is -0.350 e. The molecule has 1 N–H and O–H groups in total. The van der Waals surface area contributed by atoms with Gasteiger partial charge in [-0.1, -0.05) is 35.5 Å². The molecule has 1 saturated heterocycles. The van der Waals surface area contributed by atoms with E-state index in [9.17, 15) is 9.59 Å². The lowest BCUT2D eigenvalue weighted by Gasteiger charge is -2.32. The summed E-state index contributed by atoms with van der Waals surface area (Å²) in [4.78, 5) is 30.7. The van der Waals surface area contributed by atoms with E-state index in [0.717, 1.165) is 18.4 Å². The molecule has 7 heteroatoms. The van der Waals surface area contributed by atoms with Crippen molar-refractivity contribution >= 4 is 11.8 Å². The van der Waals surface area contributed by atoms with Gasteiger partial charge in [-0.25, -0.2) is 0 Å². The van der Waals surface area contributed by atoms with Crippen molar-refractivity contribution < 1.29 is 14.1 Å². The molecule has 2 heterocycles.